The van der Waals surface area contributed by atoms with E-state index in [2.05, 4.69) is 15.5 Å². The average Bonchev–Trinajstić information content (AvgIpc) is 3.48. The van der Waals surface area contributed by atoms with Gasteiger partial charge in [0.05, 0.1) is 16.3 Å². The van der Waals surface area contributed by atoms with Gasteiger partial charge in [-0.25, -0.2) is 9.78 Å². The van der Waals surface area contributed by atoms with Crippen molar-refractivity contribution in [2.24, 2.45) is 5.16 Å². The number of aromatic nitrogens is 2. The van der Waals surface area contributed by atoms with E-state index in [4.69, 9.17) is 10.6 Å². The highest BCUT2D eigenvalue weighted by Gasteiger charge is 2.54. The largest absolute Gasteiger partial charge is 0.477 e. The molecule has 35 heavy (non-hydrogen) atoms. The van der Waals surface area contributed by atoms with Crippen LogP contribution in [0.3, 0.4) is 0 Å². The van der Waals surface area contributed by atoms with E-state index in [9.17, 15) is 19.5 Å². The summed E-state index contributed by atoms with van der Waals surface area (Å²) in [4.78, 5) is 48.7. The fourth-order valence-electron chi connectivity index (χ4n) is 4.01. The molecule has 0 spiro atoms. The van der Waals surface area contributed by atoms with E-state index in [1.54, 1.807) is 16.7 Å². The monoisotopic (exact) mass is 531 g/mol. The van der Waals surface area contributed by atoms with Crippen molar-refractivity contribution in [2.75, 3.05) is 18.6 Å². The lowest BCUT2D eigenvalue weighted by Crippen LogP contribution is -2.73. The van der Waals surface area contributed by atoms with Crippen LogP contribution < -0.4 is 15.6 Å². The van der Waals surface area contributed by atoms with Gasteiger partial charge in [0.15, 0.2) is 29.8 Å². The number of pyridine rings is 1. The number of nitrogens with one attached hydrogen (secondary N) is 1. The quantitative estimate of drug-likeness (QED) is 0.177. The van der Waals surface area contributed by atoms with Crippen LogP contribution >= 0.6 is 34.4 Å². The van der Waals surface area contributed by atoms with Gasteiger partial charge < -0.3 is 21.0 Å². The number of nitrogen functional groups attached to an aromatic ring is 1. The van der Waals surface area contributed by atoms with Gasteiger partial charge in [-0.2, -0.15) is 4.57 Å². The highest BCUT2D eigenvalue weighted by atomic mass is 32.2. The third-order valence-electron chi connectivity index (χ3n) is 5.58. The number of anilines is 1. The first kappa shape index (κ1) is 23.3. The number of carbonyl (C=O) groups excluding carboxylic acids is 2. The lowest BCUT2D eigenvalue weighted by Gasteiger charge is -2.49. The van der Waals surface area contributed by atoms with Gasteiger partial charge in [0, 0.05) is 21.9 Å². The van der Waals surface area contributed by atoms with Crippen LogP contribution in [-0.2, 0) is 25.8 Å². The number of aliphatic carboxylic acids is 1. The normalized spacial score (nSPS) is 20.0. The summed E-state index contributed by atoms with van der Waals surface area (Å²) in [7, 11) is 1.29. The van der Waals surface area contributed by atoms with Gasteiger partial charge in [-0.15, -0.1) is 34.4 Å². The van der Waals surface area contributed by atoms with E-state index in [1.165, 1.54) is 23.8 Å². The van der Waals surface area contributed by atoms with E-state index in [-0.39, 0.29) is 22.2 Å². The molecule has 11 nitrogen and oxygen atoms in total. The molecule has 2 aliphatic rings. The number of thiazole rings is 1. The molecule has 5 heterocycles. The zero-order valence-electron chi connectivity index (χ0n) is 18.2. The minimum atomic E-state index is -1.19. The fraction of sp³-hybridized carbons (Fsp3) is 0.238. The summed E-state index contributed by atoms with van der Waals surface area (Å²) in [5.74, 6) is -1.91. The maximum atomic E-state index is 13.0. The van der Waals surface area contributed by atoms with Crippen LogP contribution in [0.1, 0.15) is 5.69 Å². The first-order valence-electron chi connectivity index (χ1n) is 10.3. The van der Waals surface area contributed by atoms with Crippen LogP contribution in [0.15, 0.2) is 51.0 Å². The summed E-state index contributed by atoms with van der Waals surface area (Å²) in [6.45, 7) is 0.321. The molecule has 0 radical (unpaired) electrons. The number of rotatable bonds is 7. The standard InChI is InChI=1S/C21H18N6O5S3/c1-32-25-15(11-8-35-21(22)23-11)18(28)24-16-12-9-34-14(17(20(30)31)27(12)19(16)29)7-26-4-2-13-10(6-26)3-5-33-13/h2-6,8,12,16H,7,9H2,1H3,(H3-,22,23,24,28,30,31)/p+1. The predicted octanol–water partition coefficient (Wildman–Crippen LogP) is 1.02. The summed E-state index contributed by atoms with van der Waals surface area (Å²) < 4.78 is 3.04. The summed E-state index contributed by atoms with van der Waals surface area (Å²) in [6.07, 6.45) is 3.84. The summed E-state index contributed by atoms with van der Waals surface area (Å²) >= 11 is 4.14. The van der Waals surface area contributed by atoms with E-state index in [0.29, 0.717) is 17.2 Å². The van der Waals surface area contributed by atoms with Gasteiger partial charge >= 0.3 is 5.97 Å². The molecule has 2 atom stereocenters. The van der Waals surface area contributed by atoms with Crippen LogP contribution in [-0.4, -0.2) is 63.4 Å². The van der Waals surface area contributed by atoms with Crippen molar-refractivity contribution >= 4 is 73.1 Å². The van der Waals surface area contributed by atoms with Gasteiger partial charge in [0.2, 0.25) is 0 Å². The first-order chi connectivity index (χ1) is 16.9. The molecule has 14 heteroatoms. The molecule has 3 aromatic rings. The minimum absolute atomic E-state index is 0.0577. The number of hydrogen-bond donors (Lipinski definition) is 3. The molecule has 0 bridgehead atoms. The SMILES string of the molecule is CON=C(C(=O)NC1C(=O)N2C(C(=O)O)=C(C[n+]3ccc4sccc4c3)SCC12)c1csc(N)n1. The number of nitrogens with two attached hydrogens (primary N) is 1. The second-order valence-corrected chi connectivity index (χ2v) is 10.6. The van der Waals surface area contributed by atoms with E-state index >= 15 is 0 Å². The molecule has 180 valence electrons. The van der Waals surface area contributed by atoms with E-state index in [1.807, 2.05) is 34.5 Å². The van der Waals surface area contributed by atoms with Crippen LogP contribution in [0, 0.1) is 0 Å². The number of hydrogen-bond acceptors (Lipinski definition) is 10. The number of thiophene rings is 1. The highest BCUT2D eigenvalue weighted by molar-refractivity contribution is 8.03. The van der Waals surface area contributed by atoms with Crippen LogP contribution in [0.25, 0.3) is 10.1 Å². The number of nitrogens with zero attached hydrogens (tertiary/aromatic N) is 4. The number of carboxylic acid groups (broad SMARTS) is 1. The van der Waals surface area contributed by atoms with Gasteiger partial charge in [0.25, 0.3) is 11.8 Å². The summed E-state index contributed by atoms with van der Waals surface area (Å²) in [5.41, 5.74) is 5.69. The number of oxime groups is 1. The lowest BCUT2D eigenvalue weighted by molar-refractivity contribution is -0.686. The van der Waals surface area contributed by atoms with E-state index < -0.39 is 29.9 Å². The number of carboxylic acids is 1. The Morgan fingerprint density at radius 1 is 1.40 bits per heavy atom. The molecular weight excluding hydrogens is 512 g/mol. The van der Waals surface area contributed by atoms with Gasteiger partial charge in [-0.3, -0.25) is 14.5 Å². The molecule has 2 unspecified atom stereocenters. The number of allylic oxidation sites excluding steroid dienone is 1. The molecule has 2 aliphatic heterocycles. The molecule has 3 aromatic heterocycles. The molecule has 2 amide bonds. The Bertz CT molecular complexity index is 1410. The molecule has 1 fully saturated rings. The van der Waals surface area contributed by atoms with Crippen LogP contribution in [0.4, 0.5) is 5.13 Å². The Morgan fingerprint density at radius 2 is 2.23 bits per heavy atom. The third kappa shape index (κ3) is 4.24. The smallest absolute Gasteiger partial charge is 0.353 e. The van der Waals surface area contributed by atoms with Crippen LogP contribution in [0.5, 0.6) is 0 Å². The lowest BCUT2D eigenvalue weighted by atomic mass is 9.94. The zero-order valence-corrected chi connectivity index (χ0v) is 20.7. The van der Waals surface area contributed by atoms with Gasteiger partial charge in [0.1, 0.15) is 24.5 Å². The third-order valence-corrected chi connectivity index (χ3v) is 8.33. The fourth-order valence-corrected chi connectivity index (χ4v) is 6.59. The van der Waals surface area contributed by atoms with Crippen molar-refractivity contribution in [3.63, 3.8) is 0 Å². The summed E-state index contributed by atoms with van der Waals surface area (Å²) in [6, 6.07) is 2.59. The second kappa shape index (κ2) is 9.28. The Morgan fingerprint density at radius 3 is 2.94 bits per heavy atom. The second-order valence-electron chi connectivity index (χ2n) is 7.67. The topological polar surface area (TPSA) is 151 Å². The molecule has 5 rings (SSSR count). The van der Waals surface area contributed by atoms with Crippen molar-refractivity contribution in [2.45, 2.75) is 18.6 Å². The number of thioether (sulfide) groups is 1. The predicted molar refractivity (Wildman–Crippen MR) is 132 cm³/mol. The average molecular weight is 532 g/mol. The van der Waals surface area contributed by atoms with Crippen molar-refractivity contribution in [1.29, 1.82) is 0 Å². The first-order valence-corrected chi connectivity index (χ1v) is 13.0. The van der Waals surface area contributed by atoms with Crippen molar-refractivity contribution in [1.82, 2.24) is 15.2 Å². The molecule has 0 saturated carbocycles. The minimum Gasteiger partial charge on any atom is -0.477 e. The maximum absolute atomic E-state index is 13.0. The zero-order chi connectivity index (χ0) is 24.7. The Hall–Kier alpha value is -3.49. The van der Waals surface area contributed by atoms with Crippen molar-refractivity contribution in [3.05, 3.63) is 51.6 Å². The molecule has 0 aromatic carbocycles. The number of carbonyl (C=O) groups is 3. The van der Waals surface area contributed by atoms with E-state index in [0.717, 1.165) is 21.4 Å². The van der Waals surface area contributed by atoms with Crippen LogP contribution in [0.2, 0.25) is 0 Å². The van der Waals surface area contributed by atoms with Gasteiger partial charge in [-0.1, -0.05) is 5.16 Å². The molecular formula is C21H19N6O5S3+. The van der Waals surface area contributed by atoms with Crippen molar-refractivity contribution < 1.29 is 28.9 Å². The van der Waals surface area contributed by atoms with Crippen molar-refractivity contribution in [3.8, 4) is 0 Å². The number of fused-ring (bicyclic) bond motifs is 2. The Balaban J connectivity index is 1.36. The Labute approximate surface area is 210 Å². The maximum Gasteiger partial charge on any atom is 0.353 e. The molecule has 1 saturated heterocycles. The summed E-state index contributed by atoms with van der Waals surface area (Å²) in [5, 5.41) is 21.2. The number of amides is 2. The van der Waals surface area contributed by atoms with Gasteiger partial charge in [-0.05, 0) is 11.4 Å². The Kier molecular flexibility index (Phi) is 6.17. The highest BCUT2D eigenvalue weighted by Crippen LogP contribution is 2.39. The number of β-lactam (4-membered cyclic amide) rings is 1. The molecule has 0 aliphatic carbocycles. The molecule has 4 N–H and O–H groups in total.